The van der Waals surface area contributed by atoms with Crippen LogP contribution < -0.4 is 5.73 Å². The molecule has 216 valence electrons. The lowest BCUT2D eigenvalue weighted by Gasteiger charge is -2.39. The maximum Gasteiger partial charge on any atom is 0.248 e. The third-order valence-electron chi connectivity index (χ3n) is 5.48. The van der Waals surface area contributed by atoms with Gasteiger partial charge in [0.05, 0.1) is 25.3 Å². The number of hydrogen-bond acceptors (Lipinski definition) is 5. The number of carbonyl (C=O) groups is 1. The summed E-state index contributed by atoms with van der Waals surface area (Å²) in [5.74, 6) is -1.30. The molecule has 7 nitrogen and oxygen atoms in total. The SMILES string of the molecule is C#C.C#C.CC(C)(C)[C@H](c1nc(-c2cc(F)ccc2F)nn1Cc1ccccc1)N(CCCN)C(=O)CO.CF. The molecule has 0 aliphatic carbocycles. The molecule has 0 fully saturated rings. The standard InChI is InChI=1S/C25H31F2N5O2.2C2H2.CH3F/c1-25(2,3)22(31(13-7-12-28)21(34)16-33)24-29-23(19-14-18(26)10-11-20(19)27)30-32(24)15-17-8-5-4-6-9-17;3*1-2/h4-6,8-11,14,22,33H,7,12-13,15-16,28H2,1-3H3;2*1-2H;1H3/t22-;;;/m0.../s1. The van der Waals surface area contributed by atoms with Crippen LogP contribution in [0.3, 0.4) is 0 Å². The third-order valence-corrected chi connectivity index (χ3v) is 5.48. The van der Waals surface area contributed by atoms with Gasteiger partial charge in [-0.1, -0.05) is 51.1 Å². The first kappa shape index (κ1) is 35.9. The summed E-state index contributed by atoms with van der Waals surface area (Å²) in [5, 5.41) is 14.2. The van der Waals surface area contributed by atoms with Crippen LogP contribution in [0.1, 0.15) is 44.6 Å². The normalized spacial score (nSPS) is 10.9. The number of alkyl halides is 1. The van der Waals surface area contributed by atoms with Gasteiger partial charge in [-0.3, -0.25) is 9.18 Å². The highest BCUT2D eigenvalue weighted by atomic mass is 19.1. The van der Waals surface area contributed by atoms with E-state index in [2.05, 4.69) is 35.8 Å². The van der Waals surface area contributed by atoms with Crippen molar-refractivity contribution in [3.8, 4) is 37.1 Å². The van der Waals surface area contributed by atoms with Gasteiger partial charge in [0.2, 0.25) is 5.91 Å². The van der Waals surface area contributed by atoms with Crippen LogP contribution in [0.5, 0.6) is 0 Å². The second-order valence-electron chi connectivity index (χ2n) is 9.22. The largest absolute Gasteiger partial charge is 0.387 e. The number of carbonyl (C=O) groups excluding carboxylic acids is 1. The van der Waals surface area contributed by atoms with Gasteiger partial charge < -0.3 is 15.7 Å². The quantitative estimate of drug-likeness (QED) is 0.375. The van der Waals surface area contributed by atoms with Gasteiger partial charge in [-0.2, -0.15) is 5.10 Å². The average Bonchev–Trinajstić information content (AvgIpc) is 3.37. The number of aromatic nitrogens is 3. The predicted octanol–water partition coefficient (Wildman–Crippen LogP) is 4.61. The molecule has 1 amide bonds. The Labute approximate surface area is 235 Å². The molecule has 10 heteroatoms. The topological polar surface area (TPSA) is 97.3 Å². The molecular weight excluding hydrogens is 519 g/mol. The fraction of sp³-hybridized carbons (Fsp3) is 0.367. The Morgan fingerprint density at radius 2 is 1.68 bits per heavy atom. The van der Waals surface area contributed by atoms with Crippen LogP contribution in [0.15, 0.2) is 48.5 Å². The van der Waals surface area contributed by atoms with Crippen molar-refractivity contribution in [2.75, 3.05) is 26.9 Å². The molecule has 1 heterocycles. The van der Waals surface area contributed by atoms with Crippen LogP contribution in [-0.4, -0.2) is 57.6 Å². The van der Waals surface area contributed by atoms with Crippen molar-refractivity contribution in [1.82, 2.24) is 19.7 Å². The number of rotatable bonds is 9. The lowest BCUT2D eigenvalue weighted by atomic mass is 9.84. The second kappa shape index (κ2) is 18.2. The first-order valence-electron chi connectivity index (χ1n) is 12.2. The fourth-order valence-corrected chi connectivity index (χ4v) is 3.96. The van der Waals surface area contributed by atoms with E-state index in [0.717, 1.165) is 23.8 Å². The lowest BCUT2D eigenvalue weighted by molar-refractivity contribution is -0.139. The summed E-state index contributed by atoms with van der Waals surface area (Å²) < 4.78 is 39.6. The molecule has 0 bridgehead atoms. The smallest absolute Gasteiger partial charge is 0.248 e. The number of amides is 1. The summed E-state index contributed by atoms with van der Waals surface area (Å²) in [4.78, 5) is 19.0. The van der Waals surface area contributed by atoms with Crippen LogP contribution in [-0.2, 0) is 11.3 Å². The molecular formula is C30H38F3N5O2. The van der Waals surface area contributed by atoms with E-state index in [1.807, 2.05) is 51.1 Å². The molecule has 0 spiro atoms. The Morgan fingerprint density at radius 1 is 1.07 bits per heavy atom. The molecule has 1 aromatic heterocycles. The Morgan fingerprint density at radius 3 is 2.20 bits per heavy atom. The number of aliphatic hydroxyl groups is 1. The zero-order valence-corrected chi connectivity index (χ0v) is 23.4. The van der Waals surface area contributed by atoms with Gasteiger partial charge in [-0.25, -0.2) is 18.4 Å². The van der Waals surface area contributed by atoms with E-state index in [1.54, 1.807) is 9.58 Å². The summed E-state index contributed by atoms with van der Waals surface area (Å²) >= 11 is 0. The van der Waals surface area contributed by atoms with Gasteiger partial charge in [0.15, 0.2) is 11.6 Å². The van der Waals surface area contributed by atoms with Crippen LogP contribution >= 0.6 is 0 Å². The van der Waals surface area contributed by atoms with Gasteiger partial charge in [-0.05, 0) is 42.1 Å². The molecule has 0 radical (unpaired) electrons. The summed E-state index contributed by atoms with van der Waals surface area (Å²) in [7, 11) is 0.500. The van der Waals surface area contributed by atoms with Gasteiger partial charge in [0.1, 0.15) is 18.2 Å². The monoisotopic (exact) mass is 557 g/mol. The molecule has 2 aromatic carbocycles. The number of benzene rings is 2. The van der Waals surface area contributed by atoms with Crippen molar-refractivity contribution < 1.29 is 23.1 Å². The highest BCUT2D eigenvalue weighted by Crippen LogP contribution is 2.38. The Hall–Kier alpha value is -4.12. The van der Waals surface area contributed by atoms with E-state index in [4.69, 9.17) is 5.73 Å². The molecule has 0 aliphatic rings. The Balaban J connectivity index is 0.00000237. The molecule has 0 saturated carbocycles. The predicted molar refractivity (Wildman–Crippen MR) is 152 cm³/mol. The molecule has 0 aliphatic heterocycles. The zero-order valence-electron chi connectivity index (χ0n) is 23.4. The summed E-state index contributed by atoms with van der Waals surface area (Å²) in [6.07, 6.45) is 16.5. The number of halogens is 3. The maximum atomic E-state index is 14.6. The molecule has 3 N–H and O–H groups in total. The zero-order chi connectivity index (χ0) is 30.9. The van der Waals surface area contributed by atoms with Crippen LogP contribution in [0.2, 0.25) is 0 Å². The minimum atomic E-state index is -0.671. The Bertz CT molecular complexity index is 1200. The van der Waals surface area contributed by atoms with E-state index >= 15 is 0 Å². The van der Waals surface area contributed by atoms with E-state index in [9.17, 15) is 23.1 Å². The number of aliphatic hydroxyl groups excluding tert-OH is 1. The van der Waals surface area contributed by atoms with Gasteiger partial charge >= 0.3 is 0 Å². The van der Waals surface area contributed by atoms with Crippen molar-refractivity contribution in [3.05, 3.63) is 71.6 Å². The lowest BCUT2D eigenvalue weighted by Crippen LogP contribution is -2.44. The minimum Gasteiger partial charge on any atom is -0.387 e. The van der Waals surface area contributed by atoms with Crippen LogP contribution in [0.4, 0.5) is 13.2 Å². The average molecular weight is 558 g/mol. The van der Waals surface area contributed by atoms with E-state index in [1.165, 1.54) is 0 Å². The van der Waals surface area contributed by atoms with E-state index < -0.39 is 35.6 Å². The highest BCUT2D eigenvalue weighted by molar-refractivity contribution is 5.77. The van der Waals surface area contributed by atoms with Crippen molar-refractivity contribution in [2.24, 2.45) is 11.1 Å². The van der Waals surface area contributed by atoms with Crippen molar-refractivity contribution in [1.29, 1.82) is 0 Å². The fourth-order valence-electron chi connectivity index (χ4n) is 3.96. The first-order valence-corrected chi connectivity index (χ1v) is 12.2. The second-order valence-corrected chi connectivity index (χ2v) is 9.22. The molecule has 3 rings (SSSR count). The number of hydrogen-bond donors (Lipinski definition) is 2. The van der Waals surface area contributed by atoms with Crippen molar-refractivity contribution >= 4 is 5.91 Å². The minimum absolute atomic E-state index is 0.0207. The molecule has 40 heavy (non-hydrogen) atoms. The molecule has 0 saturated heterocycles. The van der Waals surface area contributed by atoms with Gasteiger partial charge in [0.25, 0.3) is 0 Å². The van der Waals surface area contributed by atoms with Crippen LogP contribution in [0.25, 0.3) is 11.4 Å². The molecule has 3 aromatic rings. The van der Waals surface area contributed by atoms with E-state index in [-0.39, 0.29) is 11.4 Å². The number of nitrogens with zero attached hydrogens (tertiary/aromatic N) is 4. The van der Waals surface area contributed by atoms with Crippen molar-refractivity contribution in [2.45, 2.75) is 39.8 Å². The molecule has 0 unspecified atom stereocenters. The number of terminal acetylenes is 2. The molecule has 1 atom stereocenters. The summed E-state index contributed by atoms with van der Waals surface area (Å²) in [6, 6.07) is 12.0. The summed E-state index contributed by atoms with van der Waals surface area (Å²) in [6.45, 7) is 6.15. The number of nitrogens with two attached hydrogens (primary N) is 1. The van der Waals surface area contributed by atoms with Crippen LogP contribution in [0, 0.1) is 42.7 Å². The maximum absolute atomic E-state index is 14.6. The first-order chi connectivity index (χ1) is 19.2. The summed E-state index contributed by atoms with van der Waals surface area (Å²) in [5.41, 5.74) is 6.03. The Kier molecular flexibility index (Phi) is 16.3. The highest BCUT2D eigenvalue weighted by Gasteiger charge is 2.38. The van der Waals surface area contributed by atoms with Gasteiger partial charge in [-0.15, -0.1) is 25.7 Å². The third kappa shape index (κ3) is 9.88. The van der Waals surface area contributed by atoms with Gasteiger partial charge in [0, 0.05) is 6.54 Å². The van der Waals surface area contributed by atoms with E-state index in [0.29, 0.717) is 39.1 Å². The van der Waals surface area contributed by atoms with Crippen molar-refractivity contribution in [3.63, 3.8) is 0 Å².